The minimum absolute atomic E-state index is 0.0742. The number of fused-ring (bicyclic) bond motifs is 1. The SMILES string of the molecule is Cc1nc(C(C)N(C)C(=O)CN2C(=O)COc3cccnc32)c(C)s1. The van der Waals surface area contributed by atoms with Gasteiger partial charge in [-0.3, -0.25) is 14.5 Å². The number of amides is 2. The maximum atomic E-state index is 12.7. The number of aryl methyl sites for hydroxylation is 2. The molecule has 1 unspecified atom stereocenters. The summed E-state index contributed by atoms with van der Waals surface area (Å²) in [5.41, 5.74) is 0.894. The van der Waals surface area contributed by atoms with E-state index in [1.165, 1.54) is 4.90 Å². The van der Waals surface area contributed by atoms with Gasteiger partial charge in [-0.05, 0) is 32.9 Å². The summed E-state index contributed by atoms with van der Waals surface area (Å²) in [6, 6.07) is 3.30. The van der Waals surface area contributed by atoms with Crippen molar-refractivity contribution in [2.45, 2.75) is 26.8 Å². The molecule has 0 N–H and O–H groups in total. The van der Waals surface area contributed by atoms with Crippen molar-refractivity contribution in [3.05, 3.63) is 33.9 Å². The summed E-state index contributed by atoms with van der Waals surface area (Å²) >= 11 is 1.61. The van der Waals surface area contributed by atoms with Crippen LogP contribution in [0.25, 0.3) is 0 Å². The number of pyridine rings is 1. The number of nitrogens with zero attached hydrogens (tertiary/aromatic N) is 4. The molecular weight excluding hydrogens is 340 g/mol. The first-order valence-electron chi connectivity index (χ1n) is 7.96. The topological polar surface area (TPSA) is 75.6 Å². The van der Waals surface area contributed by atoms with E-state index in [4.69, 9.17) is 4.74 Å². The van der Waals surface area contributed by atoms with E-state index in [0.29, 0.717) is 11.6 Å². The van der Waals surface area contributed by atoms with Crippen LogP contribution in [0.15, 0.2) is 18.3 Å². The molecule has 0 aliphatic carbocycles. The molecule has 132 valence electrons. The van der Waals surface area contributed by atoms with Gasteiger partial charge in [-0.2, -0.15) is 0 Å². The van der Waals surface area contributed by atoms with Crippen LogP contribution in [0, 0.1) is 13.8 Å². The highest BCUT2D eigenvalue weighted by molar-refractivity contribution is 7.11. The van der Waals surface area contributed by atoms with Crippen molar-refractivity contribution in [2.24, 2.45) is 0 Å². The predicted molar refractivity (Wildman–Crippen MR) is 94.9 cm³/mol. The van der Waals surface area contributed by atoms with Gasteiger partial charge < -0.3 is 9.64 Å². The zero-order valence-electron chi connectivity index (χ0n) is 14.6. The van der Waals surface area contributed by atoms with Crippen LogP contribution in [0.1, 0.15) is 28.5 Å². The number of thiazole rings is 1. The molecule has 0 radical (unpaired) electrons. The Morgan fingerprint density at radius 1 is 1.48 bits per heavy atom. The molecule has 1 aliphatic heterocycles. The van der Waals surface area contributed by atoms with Crippen LogP contribution in [0.3, 0.4) is 0 Å². The summed E-state index contributed by atoms with van der Waals surface area (Å²) < 4.78 is 5.36. The fourth-order valence-electron chi connectivity index (χ4n) is 2.77. The molecular formula is C17H20N4O3S. The normalized spacial score (nSPS) is 14.7. The Morgan fingerprint density at radius 2 is 2.24 bits per heavy atom. The zero-order chi connectivity index (χ0) is 18.1. The molecule has 1 atom stereocenters. The fraction of sp³-hybridized carbons (Fsp3) is 0.412. The third-order valence-electron chi connectivity index (χ3n) is 4.26. The van der Waals surface area contributed by atoms with Crippen molar-refractivity contribution in [1.82, 2.24) is 14.9 Å². The van der Waals surface area contributed by atoms with Crippen LogP contribution in [-0.4, -0.2) is 46.9 Å². The predicted octanol–water partition coefficient (Wildman–Crippen LogP) is 2.10. The molecule has 0 fully saturated rings. The van der Waals surface area contributed by atoms with Crippen LogP contribution in [0.4, 0.5) is 5.82 Å². The Labute approximate surface area is 150 Å². The van der Waals surface area contributed by atoms with Crippen molar-refractivity contribution >= 4 is 29.0 Å². The highest BCUT2D eigenvalue weighted by Crippen LogP contribution is 2.30. The van der Waals surface area contributed by atoms with Gasteiger partial charge >= 0.3 is 0 Å². The number of carbonyl (C=O) groups is 2. The second-order valence-electron chi connectivity index (χ2n) is 5.95. The van der Waals surface area contributed by atoms with Gasteiger partial charge in [0.15, 0.2) is 18.2 Å². The van der Waals surface area contributed by atoms with E-state index >= 15 is 0 Å². The summed E-state index contributed by atoms with van der Waals surface area (Å²) in [4.78, 5) is 37.7. The second kappa shape index (κ2) is 6.79. The van der Waals surface area contributed by atoms with Gasteiger partial charge in [0.25, 0.3) is 5.91 Å². The molecule has 0 bridgehead atoms. The van der Waals surface area contributed by atoms with Crippen LogP contribution in [0.5, 0.6) is 5.75 Å². The van der Waals surface area contributed by atoms with E-state index < -0.39 is 0 Å². The number of hydrogen-bond acceptors (Lipinski definition) is 6. The molecule has 0 saturated heterocycles. The quantitative estimate of drug-likeness (QED) is 0.835. The molecule has 2 aromatic heterocycles. The van der Waals surface area contributed by atoms with E-state index in [1.807, 2.05) is 20.8 Å². The number of anilines is 1. The molecule has 2 amide bonds. The van der Waals surface area contributed by atoms with E-state index in [0.717, 1.165) is 15.6 Å². The van der Waals surface area contributed by atoms with Crippen LogP contribution in [0.2, 0.25) is 0 Å². The lowest BCUT2D eigenvalue weighted by molar-refractivity contribution is -0.132. The van der Waals surface area contributed by atoms with Crippen molar-refractivity contribution in [1.29, 1.82) is 0 Å². The standard InChI is InChI=1S/C17H20N4O3S/c1-10(16-11(2)25-12(3)19-16)20(4)14(22)8-21-15(23)9-24-13-6-5-7-18-17(13)21/h5-7,10H,8-9H2,1-4H3. The molecule has 8 heteroatoms. The smallest absolute Gasteiger partial charge is 0.266 e. The summed E-state index contributed by atoms with van der Waals surface area (Å²) in [6.07, 6.45) is 1.58. The summed E-state index contributed by atoms with van der Waals surface area (Å²) in [6.45, 7) is 5.72. The van der Waals surface area contributed by atoms with Gasteiger partial charge in [0.1, 0.15) is 6.54 Å². The third kappa shape index (κ3) is 3.34. The Hall–Kier alpha value is -2.48. The molecule has 3 rings (SSSR count). The van der Waals surface area contributed by atoms with Crippen LogP contribution < -0.4 is 9.64 Å². The summed E-state index contributed by atoms with van der Waals surface area (Å²) in [7, 11) is 1.73. The molecule has 3 heterocycles. The van der Waals surface area contributed by atoms with Crippen LogP contribution >= 0.6 is 11.3 Å². The lowest BCUT2D eigenvalue weighted by Gasteiger charge is -2.30. The van der Waals surface area contributed by atoms with E-state index in [1.54, 1.807) is 41.6 Å². The molecule has 0 spiro atoms. The number of likely N-dealkylation sites (N-methyl/N-ethyl adjacent to an activating group) is 1. The van der Waals surface area contributed by atoms with Crippen molar-refractivity contribution in [3.8, 4) is 5.75 Å². The van der Waals surface area contributed by atoms with E-state index in [2.05, 4.69) is 9.97 Å². The molecule has 2 aromatic rings. The average Bonchev–Trinajstić information content (AvgIpc) is 2.94. The maximum absolute atomic E-state index is 12.7. The number of hydrogen-bond donors (Lipinski definition) is 0. The van der Waals surface area contributed by atoms with Gasteiger partial charge in [0, 0.05) is 18.1 Å². The van der Waals surface area contributed by atoms with Crippen molar-refractivity contribution < 1.29 is 14.3 Å². The number of aromatic nitrogens is 2. The number of rotatable bonds is 4. The Morgan fingerprint density at radius 3 is 2.92 bits per heavy atom. The lowest BCUT2D eigenvalue weighted by Crippen LogP contribution is -2.46. The van der Waals surface area contributed by atoms with Gasteiger partial charge in [-0.1, -0.05) is 0 Å². The minimum atomic E-state index is -0.277. The molecule has 0 saturated carbocycles. The maximum Gasteiger partial charge on any atom is 0.266 e. The third-order valence-corrected chi connectivity index (χ3v) is 5.16. The molecule has 7 nitrogen and oxygen atoms in total. The van der Waals surface area contributed by atoms with Gasteiger partial charge in [-0.25, -0.2) is 9.97 Å². The first-order valence-corrected chi connectivity index (χ1v) is 8.78. The molecule has 0 aromatic carbocycles. The monoisotopic (exact) mass is 360 g/mol. The number of ether oxygens (including phenoxy) is 1. The van der Waals surface area contributed by atoms with E-state index in [9.17, 15) is 9.59 Å². The van der Waals surface area contributed by atoms with Crippen LogP contribution in [-0.2, 0) is 9.59 Å². The molecule has 1 aliphatic rings. The van der Waals surface area contributed by atoms with Gasteiger partial charge in [-0.15, -0.1) is 11.3 Å². The average molecular weight is 360 g/mol. The fourth-order valence-corrected chi connectivity index (χ4v) is 3.68. The zero-order valence-corrected chi connectivity index (χ0v) is 15.5. The summed E-state index contributed by atoms with van der Waals surface area (Å²) in [5.74, 6) is 0.441. The van der Waals surface area contributed by atoms with Crippen molar-refractivity contribution in [3.63, 3.8) is 0 Å². The van der Waals surface area contributed by atoms with Crippen molar-refractivity contribution in [2.75, 3.05) is 25.1 Å². The minimum Gasteiger partial charge on any atom is -0.480 e. The highest BCUT2D eigenvalue weighted by atomic mass is 32.1. The molecule has 25 heavy (non-hydrogen) atoms. The van der Waals surface area contributed by atoms with Gasteiger partial charge in [0.2, 0.25) is 5.91 Å². The first-order chi connectivity index (χ1) is 11.9. The number of carbonyl (C=O) groups excluding carboxylic acids is 2. The first kappa shape index (κ1) is 17.3. The highest BCUT2D eigenvalue weighted by Gasteiger charge is 2.31. The Bertz CT molecular complexity index is 820. The summed E-state index contributed by atoms with van der Waals surface area (Å²) in [5, 5.41) is 0.974. The lowest BCUT2D eigenvalue weighted by atomic mass is 10.2. The second-order valence-corrected chi connectivity index (χ2v) is 7.36. The van der Waals surface area contributed by atoms with E-state index in [-0.39, 0.29) is 31.0 Å². The Balaban J connectivity index is 1.77. The largest absolute Gasteiger partial charge is 0.480 e. The van der Waals surface area contributed by atoms with Gasteiger partial charge in [0.05, 0.1) is 16.7 Å². The Kier molecular flexibility index (Phi) is 4.71.